The van der Waals surface area contributed by atoms with Crippen molar-refractivity contribution in [2.45, 2.75) is 19.1 Å². The van der Waals surface area contributed by atoms with Crippen LogP contribution >= 0.6 is 0 Å². The smallest absolute Gasteiger partial charge is 0.254 e. The highest BCUT2D eigenvalue weighted by Gasteiger charge is 2.34. The molecule has 2 fully saturated rings. The van der Waals surface area contributed by atoms with Crippen molar-refractivity contribution in [2.75, 3.05) is 57.8 Å². The zero-order valence-corrected chi connectivity index (χ0v) is 14.5. The number of hydrogen-bond donors (Lipinski definition) is 1. The van der Waals surface area contributed by atoms with Crippen LogP contribution in [-0.2, 0) is 4.74 Å². The fourth-order valence-electron chi connectivity index (χ4n) is 3.36. The SMILES string of the molecule is CCO[C@H]1CN(C(=O)c2ccc(N3CCN(C)CC3)cc2)C[C@@H]1O. The first-order valence-corrected chi connectivity index (χ1v) is 8.71. The van der Waals surface area contributed by atoms with Crippen molar-refractivity contribution < 1.29 is 14.6 Å². The van der Waals surface area contributed by atoms with Crippen LogP contribution in [0.5, 0.6) is 0 Å². The number of anilines is 1. The number of likely N-dealkylation sites (N-methyl/N-ethyl adjacent to an activating group) is 1. The maximum absolute atomic E-state index is 12.6. The van der Waals surface area contributed by atoms with Crippen LogP contribution in [-0.4, -0.2) is 85.9 Å². The molecule has 0 unspecified atom stereocenters. The molecule has 1 N–H and O–H groups in total. The predicted octanol–water partition coefficient (Wildman–Crippen LogP) is 0.660. The highest BCUT2D eigenvalue weighted by Crippen LogP contribution is 2.20. The molecule has 1 amide bonds. The van der Waals surface area contributed by atoms with Gasteiger partial charge >= 0.3 is 0 Å². The molecule has 0 bridgehead atoms. The van der Waals surface area contributed by atoms with Crippen molar-refractivity contribution in [3.63, 3.8) is 0 Å². The summed E-state index contributed by atoms with van der Waals surface area (Å²) in [6.45, 7) is 7.38. The van der Waals surface area contributed by atoms with Gasteiger partial charge in [0.1, 0.15) is 6.10 Å². The number of ether oxygens (including phenoxy) is 1. The fourth-order valence-corrected chi connectivity index (χ4v) is 3.36. The second-order valence-electron chi connectivity index (χ2n) is 6.61. The Morgan fingerprint density at radius 1 is 1.17 bits per heavy atom. The van der Waals surface area contributed by atoms with Gasteiger partial charge in [0.15, 0.2) is 0 Å². The van der Waals surface area contributed by atoms with Gasteiger partial charge in [-0.25, -0.2) is 0 Å². The molecule has 2 atom stereocenters. The summed E-state index contributed by atoms with van der Waals surface area (Å²) in [6.07, 6.45) is -0.873. The maximum atomic E-state index is 12.6. The molecule has 2 heterocycles. The lowest BCUT2D eigenvalue weighted by Gasteiger charge is -2.34. The van der Waals surface area contributed by atoms with Gasteiger partial charge in [0, 0.05) is 57.1 Å². The molecule has 132 valence electrons. The largest absolute Gasteiger partial charge is 0.388 e. The van der Waals surface area contributed by atoms with Gasteiger partial charge in [-0.1, -0.05) is 0 Å². The quantitative estimate of drug-likeness (QED) is 0.877. The first kappa shape index (κ1) is 17.2. The molecule has 0 spiro atoms. The van der Waals surface area contributed by atoms with E-state index in [1.54, 1.807) is 4.90 Å². The molecular formula is C18H27N3O3. The van der Waals surface area contributed by atoms with E-state index in [-0.39, 0.29) is 12.0 Å². The molecule has 0 aliphatic carbocycles. The topological polar surface area (TPSA) is 56.2 Å². The Bertz CT molecular complexity index is 555. The van der Waals surface area contributed by atoms with E-state index < -0.39 is 6.10 Å². The second-order valence-corrected chi connectivity index (χ2v) is 6.61. The minimum atomic E-state index is -0.599. The van der Waals surface area contributed by atoms with Crippen molar-refractivity contribution in [1.82, 2.24) is 9.80 Å². The molecule has 24 heavy (non-hydrogen) atoms. The predicted molar refractivity (Wildman–Crippen MR) is 93.5 cm³/mol. The lowest BCUT2D eigenvalue weighted by molar-refractivity contribution is -0.00237. The Kier molecular flexibility index (Phi) is 5.38. The van der Waals surface area contributed by atoms with Crippen LogP contribution in [0.15, 0.2) is 24.3 Å². The standard InChI is InChI=1S/C18H27N3O3/c1-3-24-17-13-21(12-16(17)22)18(23)14-4-6-15(7-5-14)20-10-8-19(2)9-11-20/h4-7,16-17,22H,3,8-13H2,1-2H3/t16-,17-/m0/s1. The summed E-state index contributed by atoms with van der Waals surface area (Å²) >= 11 is 0. The molecule has 6 nitrogen and oxygen atoms in total. The third-order valence-electron chi connectivity index (χ3n) is 4.89. The third-order valence-corrected chi connectivity index (χ3v) is 4.89. The third kappa shape index (κ3) is 3.71. The molecule has 6 heteroatoms. The van der Waals surface area contributed by atoms with Crippen LogP contribution in [0.4, 0.5) is 5.69 Å². The van der Waals surface area contributed by atoms with Crippen molar-refractivity contribution >= 4 is 11.6 Å². The first-order valence-electron chi connectivity index (χ1n) is 8.71. The number of benzene rings is 1. The van der Waals surface area contributed by atoms with E-state index in [4.69, 9.17) is 4.74 Å². The number of nitrogens with zero attached hydrogens (tertiary/aromatic N) is 3. The molecular weight excluding hydrogens is 306 g/mol. The van der Waals surface area contributed by atoms with E-state index in [0.29, 0.717) is 25.3 Å². The van der Waals surface area contributed by atoms with Gasteiger partial charge in [0.2, 0.25) is 0 Å². The molecule has 2 aliphatic rings. The van der Waals surface area contributed by atoms with E-state index >= 15 is 0 Å². The lowest BCUT2D eigenvalue weighted by atomic mass is 10.1. The van der Waals surface area contributed by atoms with Gasteiger partial charge in [-0.2, -0.15) is 0 Å². The number of carbonyl (C=O) groups is 1. The Balaban J connectivity index is 1.62. The Morgan fingerprint density at radius 3 is 2.46 bits per heavy atom. The van der Waals surface area contributed by atoms with Crippen LogP contribution in [0.3, 0.4) is 0 Å². The average Bonchev–Trinajstić information content (AvgIpc) is 2.96. The summed E-state index contributed by atoms with van der Waals surface area (Å²) in [5, 5.41) is 9.99. The molecule has 1 aromatic carbocycles. The van der Waals surface area contributed by atoms with E-state index in [1.807, 2.05) is 31.2 Å². The van der Waals surface area contributed by atoms with Gasteiger partial charge in [0.05, 0.1) is 6.10 Å². The highest BCUT2D eigenvalue weighted by molar-refractivity contribution is 5.94. The monoisotopic (exact) mass is 333 g/mol. The number of carbonyl (C=O) groups excluding carboxylic acids is 1. The van der Waals surface area contributed by atoms with Crippen LogP contribution in [0.1, 0.15) is 17.3 Å². The lowest BCUT2D eigenvalue weighted by Crippen LogP contribution is -2.44. The van der Waals surface area contributed by atoms with E-state index in [2.05, 4.69) is 16.8 Å². The number of piperazine rings is 1. The summed E-state index contributed by atoms with van der Waals surface area (Å²) in [5.74, 6) is -0.0406. The summed E-state index contributed by atoms with van der Waals surface area (Å²) in [6, 6.07) is 7.81. The summed E-state index contributed by atoms with van der Waals surface area (Å²) < 4.78 is 5.48. The molecule has 2 saturated heterocycles. The molecule has 2 aliphatic heterocycles. The van der Waals surface area contributed by atoms with Gasteiger partial charge in [-0.3, -0.25) is 4.79 Å². The van der Waals surface area contributed by atoms with Crippen LogP contribution in [0.25, 0.3) is 0 Å². The zero-order chi connectivity index (χ0) is 17.1. The minimum Gasteiger partial charge on any atom is -0.388 e. The number of amides is 1. The first-order chi connectivity index (χ1) is 11.6. The van der Waals surface area contributed by atoms with Crippen molar-refractivity contribution in [1.29, 1.82) is 0 Å². The van der Waals surface area contributed by atoms with Crippen LogP contribution < -0.4 is 4.90 Å². The van der Waals surface area contributed by atoms with Gasteiger partial charge in [0.25, 0.3) is 5.91 Å². The molecule has 3 rings (SSSR count). The molecule has 0 radical (unpaired) electrons. The maximum Gasteiger partial charge on any atom is 0.254 e. The Hall–Kier alpha value is -1.63. The molecule has 0 aromatic heterocycles. The molecule has 1 aromatic rings. The van der Waals surface area contributed by atoms with Crippen molar-refractivity contribution in [3.05, 3.63) is 29.8 Å². The van der Waals surface area contributed by atoms with E-state index in [9.17, 15) is 9.90 Å². The second kappa shape index (κ2) is 7.51. The van der Waals surface area contributed by atoms with Crippen molar-refractivity contribution in [2.24, 2.45) is 0 Å². The average molecular weight is 333 g/mol. The fraction of sp³-hybridized carbons (Fsp3) is 0.611. The van der Waals surface area contributed by atoms with Gasteiger partial charge < -0.3 is 24.5 Å². The number of β-amino-alcohol motifs (C(OH)–C–C–N with tert-alkyl or cyclic N) is 1. The van der Waals surface area contributed by atoms with Gasteiger partial charge in [-0.15, -0.1) is 0 Å². The number of rotatable bonds is 4. The number of aliphatic hydroxyl groups excluding tert-OH is 1. The molecule has 0 saturated carbocycles. The Labute approximate surface area is 143 Å². The van der Waals surface area contributed by atoms with E-state index in [0.717, 1.165) is 31.9 Å². The van der Waals surface area contributed by atoms with Crippen molar-refractivity contribution in [3.8, 4) is 0 Å². The van der Waals surface area contributed by atoms with Crippen LogP contribution in [0, 0.1) is 0 Å². The Morgan fingerprint density at radius 2 is 1.83 bits per heavy atom. The highest BCUT2D eigenvalue weighted by atomic mass is 16.5. The summed E-state index contributed by atoms with van der Waals surface area (Å²) in [4.78, 5) is 19.0. The summed E-state index contributed by atoms with van der Waals surface area (Å²) in [5.41, 5.74) is 1.82. The number of hydrogen-bond acceptors (Lipinski definition) is 5. The van der Waals surface area contributed by atoms with E-state index in [1.165, 1.54) is 0 Å². The summed E-state index contributed by atoms with van der Waals surface area (Å²) in [7, 11) is 2.14. The normalized spacial score (nSPS) is 25.3. The van der Waals surface area contributed by atoms with Gasteiger partial charge in [-0.05, 0) is 38.2 Å². The van der Waals surface area contributed by atoms with Crippen LogP contribution in [0.2, 0.25) is 0 Å². The zero-order valence-electron chi connectivity index (χ0n) is 14.5. The number of likely N-dealkylation sites (tertiary alicyclic amines) is 1. The number of aliphatic hydroxyl groups is 1. The minimum absolute atomic E-state index is 0.0406.